The molecule has 0 fully saturated rings. The highest BCUT2D eigenvalue weighted by Crippen LogP contribution is 2.12. The normalized spacial score (nSPS) is 10.9. The predicted octanol–water partition coefficient (Wildman–Crippen LogP) is 1.54. The minimum absolute atomic E-state index is 0.121. The fourth-order valence-corrected chi connectivity index (χ4v) is 1.83. The number of hydrogen-bond acceptors (Lipinski definition) is 3. The maximum Gasteiger partial charge on any atom is 0.263 e. The fourth-order valence-electron chi connectivity index (χ4n) is 1.60. The second-order valence-electron chi connectivity index (χ2n) is 3.65. The third-order valence-corrected chi connectivity index (χ3v) is 2.67. The first-order chi connectivity index (χ1) is 7.63. The highest BCUT2D eigenvalue weighted by Gasteiger charge is 2.08. The molecule has 16 heavy (non-hydrogen) atoms. The van der Waals surface area contributed by atoms with E-state index in [0.29, 0.717) is 17.6 Å². The fraction of sp³-hybridized carbons (Fsp3) is 0.273. The highest BCUT2D eigenvalue weighted by molar-refractivity contribution is 6.28. The van der Waals surface area contributed by atoms with Gasteiger partial charge >= 0.3 is 0 Å². The van der Waals surface area contributed by atoms with Gasteiger partial charge in [0.05, 0.1) is 17.6 Å². The van der Waals surface area contributed by atoms with Crippen molar-refractivity contribution in [1.29, 1.82) is 0 Å². The number of fused-ring (bicyclic) bond motifs is 1. The number of hydrogen-bond donors (Lipinski definition) is 1. The molecule has 0 aliphatic heterocycles. The van der Waals surface area contributed by atoms with Gasteiger partial charge in [0.1, 0.15) is 0 Å². The average Bonchev–Trinajstić information content (AvgIpc) is 2.23. The lowest BCUT2D eigenvalue weighted by Crippen LogP contribution is -2.27. The van der Waals surface area contributed by atoms with Gasteiger partial charge in [0.15, 0.2) is 0 Å². The summed E-state index contributed by atoms with van der Waals surface area (Å²) in [5.41, 5.74) is 1.58. The van der Waals surface area contributed by atoms with Crippen LogP contribution in [-0.4, -0.2) is 16.6 Å². The van der Waals surface area contributed by atoms with Crippen molar-refractivity contribution >= 4 is 22.5 Å². The van der Waals surface area contributed by atoms with Gasteiger partial charge in [0.2, 0.25) is 5.28 Å². The number of aryl methyl sites for hydroxylation is 1. The highest BCUT2D eigenvalue weighted by atomic mass is 35.5. The number of halogens is 1. The first kappa shape index (κ1) is 11.1. The van der Waals surface area contributed by atoms with Crippen LogP contribution in [0.2, 0.25) is 5.28 Å². The van der Waals surface area contributed by atoms with Crippen molar-refractivity contribution < 1.29 is 0 Å². The van der Waals surface area contributed by atoms with Gasteiger partial charge in [-0.2, -0.15) is 0 Å². The Morgan fingerprint density at radius 2 is 2.25 bits per heavy atom. The monoisotopic (exact) mass is 237 g/mol. The van der Waals surface area contributed by atoms with E-state index in [4.69, 9.17) is 11.6 Å². The van der Waals surface area contributed by atoms with Crippen LogP contribution in [0.15, 0.2) is 23.0 Å². The third kappa shape index (κ3) is 1.81. The van der Waals surface area contributed by atoms with E-state index in [1.54, 1.807) is 13.1 Å². The van der Waals surface area contributed by atoms with Crippen LogP contribution in [0.4, 0.5) is 0 Å². The van der Waals surface area contributed by atoms with E-state index in [0.717, 1.165) is 5.56 Å². The molecular formula is C11H12ClN3O. The first-order valence-electron chi connectivity index (χ1n) is 4.95. The third-order valence-electron chi connectivity index (χ3n) is 2.38. The zero-order valence-corrected chi connectivity index (χ0v) is 9.88. The van der Waals surface area contributed by atoms with E-state index in [1.807, 2.05) is 19.1 Å². The van der Waals surface area contributed by atoms with Crippen LogP contribution in [0.25, 0.3) is 10.9 Å². The Kier molecular flexibility index (Phi) is 2.94. The Morgan fingerprint density at radius 1 is 1.50 bits per heavy atom. The van der Waals surface area contributed by atoms with Crippen molar-refractivity contribution in [3.63, 3.8) is 0 Å². The minimum Gasteiger partial charge on any atom is -0.302 e. The quantitative estimate of drug-likeness (QED) is 0.806. The van der Waals surface area contributed by atoms with Gasteiger partial charge in [0, 0.05) is 0 Å². The number of aromatic nitrogens is 2. The van der Waals surface area contributed by atoms with Gasteiger partial charge in [-0.15, -0.1) is 0 Å². The summed E-state index contributed by atoms with van der Waals surface area (Å²) in [5.74, 6) is 0. The summed E-state index contributed by atoms with van der Waals surface area (Å²) < 4.78 is 1.40. The Balaban J connectivity index is 2.78. The maximum atomic E-state index is 12.0. The van der Waals surface area contributed by atoms with E-state index in [1.165, 1.54) is 4.57 Å². The van der Waals surface area contributed by atoms with Crippen molar-refractivity contribution in [2.75, 3.05) is 7.05 Å². The second kappa shape index (κ2) is 4.23. The molecule has 1 aromatic carbocycles. The molecule has 2 aromatic rings. The molecule has 0 aliphatic rings. The second-order valence-corrected chi connectivity index (χ2v) is 3.98. The molecule has 84 valence electrons. The summed E-state index contributed by atoms with van der Waals surface area (Å²) in [5, 5.41) is 3.67. The Bertz CT molecular complexity index is 592. The largest absolute Gasteiger partial charge is 0.302 e. The molecule has 5 heteroatoms. The zero-order valence-electron chi connectivity index (χ0n) is 9.12. The van der Waals surface area contributed by atoms with Crippen LogP contribution in [0.3, 0.4) is 0 Å². The smallest absolute Gasteiger partial charge is 0.263 e. The van der Waals surface area contributed by atoms with E-state index in [-0.39, 0.29) is 10.8 Å². The Labute approximate surface area is 97.9 Å². The lowest BCUT2D eigenvalue weighted by molar-refractivity contribution is 0.594. The van der Waals surface area contributed by atoms with Crippen LogP contribution in [0.1, 0.15) is 5.56 Å². The van der Waals surface area contributed by atoms with E-state index in [2.05, 4.69) is 10.3 Å². The summed E-state index contributed by atoms with van der Waals surface area (Å²) in [6, 6.07) is 5.53. The molecule has 0 bridgehead atoms. The number of nitrogens with zero attached hydrogens (tertiary/aromatic N) is 2. The number of nitrogens with one attached hydrogen (secondary N) is 1. The van der Waals surface area contributed by atoms with Crippen molar-refractivity contribution in [3.05, 3.63) is 39.4 Å². The average molecular weight is 238 g/mol. The lowest BCUT2D eigenvalue weighted by atomic mass is 10.2. The van der Waals surface area contributed by atoms with Gasteiger partial charge < -0.3 is 5.32 Å². The van der Waals surface area contributed by atoms with Crippen LogP contribution in [0, 0.1) is 6.92 Å². The molecule has 1 aromatic heterocycles. The topological polar surface area (TPSA) is 46.9 Å². The summed E-state index contributed by atoms with van der Waals surface area (Å²) >= 11 is 5.95. The molecule has 0 saturated carbocycles. The molecule has 1 heterocycles. The Hall–Kier alpha value is -1.39. The van der Waals surface area contributed by atoms with Crippen LogP contribution in [-0.2, 0) is 6.67 Å². The standard InChI is InChI=1S/C11H12ClN3O/c1-7-3-4-8-9(5-7)14-11(12)15(6-13-2)10(8)16/h3-5,13H,6H2,1-2H3. The summed E-state index contributed by atoms with van der Waals surface area (Å²) in [6.45, 7) is 2.31. The van der Waals surface area contributed by atoms with Gasteiger partial charge in [-0.25, -0.2) is 4.98 Å². The number of rotatable bonds is 2. The van der Waals surface area contributed by atoms with E-state index >= 15 is 0 Å². The molecule has 0 aliphatic carbocycles. The van der Waals surface area contributed by atoms with Gasteiger partial charge in [0.25, 0.3) is 5.56 Å². The van der Waals surface area contributed by atoms with Crippen LogP contribution in [0.5, 0.6) is 0 Å². The zero-order chi connectivity index (χ0) is 11.7. The maximum absolute atomic E-state index is 12.0. The van der Waals surface area contributed by atoms with Crippen molar-refractivity contribution in [2.45, 2.75) is 13.6 Å². The summed E-state index contributed by atoms with van der Waals surface area (Å²) in [4.78, 5) is 16.3. The lowest BCUT2D eigenvalue weighted by Gasteiger charge is -2.08. The van der Waals surface area contributed by atoms with Gasteiger partial charge in [-0.05, 0) is 43.3 Å². The van der Waals surface area contributed by atoms with Crippen LogP contribution < -0.4 is 10.9 Å². The SMILES string of the molecule is CNCn1c(Cl)nc2cc(C)ccc2c1=O. The molecule has 0 atom stereocenters. The van der Waals surface area contributed by atoms with Crippen molar-refractivity contribution in [1.82, 2.24) is 14.9 Å². The van der Waals surface area contributed by atoms with Gasteiger partial charge in [-0.3, -0.25) is 9.36 Å². The minimum atomic E-state index is -0.121. The van der Waals surface area contributed by atoms with Crippen molar-refractivity contribution in [2.24, 2.45) is 0 Å². The molecule has 0 amide bonds. The first-order valence-corrected chi connectivity index (χ1v) is 5.32. The van der Waals surface area contributed by atoms with Gasteiger partial charge in [-0.1, -0.05) is 6.07 Å². The van der Waals surface area contributed by atoms with Crippen LogP contribution >= 0.6 is 11.6 Å². The molecule has 4 nitrogen and oxygen atoms in total. The molecular weight excluding hydrogens is 226 g/mol. The molecule has 0 spiro atoms. The molecule has 0 radical (unpaired) electrons. The molecule has 0 saturated heterocycles. The molecule has 1 N–H and O–H groups in total. The van der Waals surface area contributed by atoms with E-state index in [9.17, 15) is 4.79 Å². The van der Waals surface area contributed by atoms with E-state index < -0.39 is 0 Å². The number of benzene rings is 1. The summed E-state index contributed by atoms with van der Waals surface area (Å²) in [6.07, 6.45) is 0. The summed E-state index contributed by atoms with van der Waals surface area (Å²) in [7, 11) is 1.75. The Morgan fingerprint density at radius 3 is 2.94 bits per heavy atom. The van der Waals surface area contributed by atoms with Crippen molar-refractivity contribution in [3.8, 4) is 0 Å². The molecule has 2 rings (SSSR count). The molecule has 0 unspecified atom stereocenters. The predicted molar refractivity (Wildman–Crippen MR) is 64.8 cm³/mol.